The lowest BCUT2D eigenvalue weighted by molar-refractivity contribution is 0.0306. The van der Waals surface area contributed by atoms with E-state index >= 15 is 0 Å². The number of nitrogens with one attached hydrogen (secondary N) is 2. The second-order valence-corrected chi connectivity index (χ2v) is 4.45. The van der Waals surface area contributed by atoms with Crippen molar-refractivity contribution in [2.45, 2.75) is 59.0 Å². The fourth-order valence-corrected chi connectivity index (χ4v) is 1.95. The largest absolute Gasteiger partial charge is 0.388 e. The molecule has 0 aromatic heterocycles. The van der Waals surface area contributed by atoms with Gasteiger partial charge in [-0.25, -0.2) is 0 Å². The number of aliphatic imine (C=N–C) groups is 1. The van der Waals surface area contributed by atoms with Gasteiger partial charge in [0.15, 0.2) is 5.96 Å². The van der Waals surface area contributed by atoms with Gasteiger partial charge in [0.2, 0.25) is 0 Å². The molecule has 0 saturated carbocycles. The van der Waals surface area contributed by atoms with Gasteiger partial charge in [-0.05, 0) is 26.7 Å². The van der Waals surface area contributed by atoms with Crippen LogP contribution in [0.2, 0.25) is 0 Å². The van der Waals surface area contributed by atoms with Gasteiger partial charge in [-0.3, -0.25) is 4.99 Å². The standard InChI is InChI=1S/C13H29N3O.HI/c1-5-9-13(17,10-6-2)11-16-12(14-7-3)15-8-4;/h17H,5-11H2,1-4H3,(H2,14,15,16);1H. The second kappa shape index (κ2) is 12.0. The van der Waals surface area contributed by atoms with Gasteiger partial charge in [0.05, 0.1) is 12.1 Å². The molecule has 0 amide bonds. The fourth-order valence-electron chi connectivity index (χ4n) is 1.95. The second-order valence-electron chi connectivity index (χ2n) is 4.45. The number of rotatable bonds is 8. The minimum Gasteiger partial charge on any atom is -0.388 e. The molecule has 5 heteroatoms. The maximum atomic E-state index is 10.4. The van der Waals surface area contributed by atoms with E-state index in [1.807, 2.05) is 13.8 Å². The lowest BCUT2D eigenvalue weighted by Gasteiger charge is -2.26. The summed E-state index contributed by atoms with van der Waals surface area (Å²) in [5, 5.41) is 16.8. The lowest BCUT2D eigenvalue weighted by Crippen LogP contribution is -2.40. The first-order valence-corrected chi connectivity index (χ1v) is 6.86. The molecule has 0 aliphatic heterocycles. The predicted octanol–water partition coefficient (Wildman–Crippen LogP) is 2.51. The van der Waals surface area contributed by atoms with Gasteiger partial charge < -0.3 is 15.7 Å². The van der Waals surface area contributed by atoms with Gasteiger partial charge in [0.25, 0.3) is 0 Å². The van der Waals surface area contributed by atoms with E-state index in [0.29, 0.717) is 6.54 Å². The number of guanidine groups is 1. The number of aliphatic hydroxyl groups is 1. The van der Waals surface area contributed by atoms with Crippen LogP contribution in [0.1, 0.15) is 53.4 Å². The third-order valence-corrected chi connectivity index (χ3v) is 2.65. The molecule has 0 rings (SSSR count). The van der Waals surface area contributed by atoms with Crippen molar-refractivity contribution in [2.75, 3.05) is 19.6 Å². The summed E-state index contributed by atoms with van der Waals surface area (Å²) >= 11 is 0. The summed E-state index contributed by atoms with van der Waals surface area (Å²) in [5.41, 5.74) is -0.639. The van der Waals surface area contributed by atoms with Crippen LogP contribution in [0.5, 0.6) is 0 Å². The van der Waals surface area contributed by atoms with Crippen molar-refractivity contribution in [2.24, 2.45) is 4.99 Å². The summed E-state index contributed by atoms with van der Waals surface area (Å²) in [6.45, 7) is 10.4. The Labute approximate surface area is 129 Å². The Balaban J connectivity index is 0. The van der Waals surface area contributed by atoms with Crippen molar-refractivity contribution in [3.05, 3.63) is 0 Å². The zero-order valence-electron chi connectivity index (χ0n) is 12.3. The Morgan fingerprint density at radius 3 is 1.78 bits per heavy atom. The molecule has 110 valence electrons. The minimum absolute atomic E-state index is 0. The highest BCUT2D eigenvalue weighted by atomic mass is 127. The molecule has 0 unspecified atom stereocenters. The van der Waals surface area contributed by atoms with Gasteiger partial charge in [0.1, 0.15) is 0 Å². The maximum absolute atomic E-state index is 10.4. The Kier molecular flexibility index (Phi) is 13.5. The average Bonchev–Trinajstić information content (AvgIpc) is 2.27. The highest BCUT2D eigenvalue weighted by Gasteiger charge is 2.24. The monoisotopic (exact) mass is 371 g/mol. The van der Waals surface area contributed by atoms with Crippen LogP contribution in [0, 0.1) is 0 Å². The van der Waals surface area contributed by atoms with Crippen molar-refractivity contribution in [3.8, 4) is 0 Å². The Morgan fingerprint density at radius 2 is 1.44 bits per heavy atom. The normalized spacial score (nSPS) is 10.5. The van der Waals surface area contributed by atoms with Crippen molar-refractivity contribution in [3.63, 3.8) is 0 Å². The average molecular weight is 371 g/mol. The molecular formula is C13H30IN3O. The molecule has 0 atom stereocenters. The first-order chi connectivity index (χ1) is 8.11. The molecule has 0 aromatic rings. The van der Waals surface area contributed by atoms with E-state index in [1.165, 1.54) is 0 Å². The Hall–Kier alpha value is -0.0400. The highest BCUT2D eigenvalue weighted by Crippen LogP contribution is 2.19. The van der Waals surface area contributed by atoms with Gasteiger partial charge in [-0.15, -0.1) is 24.0 Å². The Bertz CT molecular complexity index is 208. The summed E-state index contributed by atoms with van der Waals surface area (Å²) in [5.74, 6) is 0.792. The molecule has 4 nitrogen and oxygen atoms in total. The van der Waals surface area contributed by atoms with Crippen molar-refractivity contribution < 1.29 is 5.11 Å². The number of hydrogen-bond acceptors (Lipinski definition) is 2. The number of nitrogens with zero attached hydrogens (tertiary/aromatic N) is 1. The summed E-state index contributed by atoms with van der Waals surface area (Å²) in [6.07, 6.45) is 3.61. The van der Waals surface area contributed by atoms with E-state index in [4.69, 9.17) is 0 Å². The van der Waals surface area contributed by atoms with E-state index in [2.05, 4.69) is 29.5 Å². The van der Waals surface area contributed by atoms with Gasteiger partial charge in [-0.2, -0.15) is 0 Å². The van der Waals surface area contributed by atoms with Crippen LogP contribution < -0.4 is 10.6 Å². The van der Waals surface area contributed by atoms with E-state index in [0.717, 1.165) is 44.7 Å². The Morgan fingerprint density at radius 1 is 1.00 bits per heavy atom. The summed E-state index contributed by atoms with van der Waals surface area (Å²) in [7, 11) is 0. The van der Waals surface area contributed by atoms with Crippen LogP contribution >= 0.6 is 24.0 Å². The lowest BCUT2D eigenvalue weighted by atomic mass is 9.93. The summed E-state index contributed by atoms with van der Waals surface area (Å²) in [6, 6.07) is 0. The van der Waals surface area contributed by atoms with E-state index < -0.39 is 5.60 Å². The van der Waals surface area contributed by atoms with Crippen LogP contribution in [-0.2, 0) is 0 Å². The predicted molar refractivity (Wildman–Crippen MR) is 89.8 cm³/mol. The van der Waals surface area contributed by atoms with Crippen LogP contribution in [-0.4, -0.2) is 36.3 Å². The molecule has 0 aliphatic rings. The van der Waals surface area contributed by atoms with Crippen molar-refractivity contribution >= 4 is 29.9 Å². The van der Waals surface area contributed by atoms with Crippen LogP contribution in [0.25, 0.3) is 0 Å². The molecule has 0 heterocycles. The summed E-state index contributed by atoms with van der Waals surface area (Å²) in [4.78, 5) is 4.46. The van der Waals surface area contributed by atoms with E-state index in [-0.39, 0.29) is 24.0 Å². The van der Waals surface area contributed by atoms with Gasteiger partial charge >= 0.3 is 0 Å². The molecule has 3 N–H and O–H groups in total. The molecule has 0 spiro atoms. The quantitative estimate of drug-likeness (QED) is 0.349. The van der Waals surface area contributed by atoms with Crippen molar-refractivity contribution in [1.82, 2.24) is 10.6 Å². The smallest absolute Gasteiger partial charge is 0.191 e. The zero-order valence-corrected chi connectivity index (χ0v) is 14.6. The maximum Gasteiger partial charge on any atom is 0.191 e. The van der Waals surface area contributed by atoms with E-state index in [1.54, 1.807) is 0 Å². The summed E-state index contributed by atoms with van der Waals surface area (Å²) < 4.78 is 0. The van der Waals surface area contributed by atoms with Crippen molar-refractivity contribution in [1.29, 1.82) is 0 Å². The molecule has 0 radical (unpaired) electrons. The molecule has 0 saturated heterocycles. The van der Waals surface area contributed by atoms with Gasteiger partial charge in [0, 0.05) is 13.1 Å². The molecule has 18 heavy (non-hydrogen) atoms. The minimum atomic E-state index is -0.639. The first kappa shape index (κ1) is 20.3. The molecular weight excluding hydrogens is 341 g/mol. The number of halogens is 1. The van der Waals surface area contributed by atoms with E-state index in [9.17, 15) is 5.11 Å². The van der Waals surface area contributed by atoms with Gasteiger partial charge in [-0.1, -0.05) is 26.7 Å². The zero-order chi connectivity index (χ0) is 13.1. The van der Waals surface area contributed by atoms with Crippen LogP contribution in [0.4, 0.5) is 0 Å². The first-order valence-electron chi connectivity index (χ1n) is 6.86. The topological polar surface area (TPSA) is 56.7 Å². The SMILES string of the molecule is CCCC(O)(CCC)CN=C(NCC)NCC.I. The fraction of sp³-hybridized carbons (Fsp3) is 0.923. The molecule has 0 aromatic carbocycles. The highest BCUT2D eigenvalue weighted by molar-refractivity contribution is 14.0. The van der Waals surface area contributed by atoms with Crippen LogP contribution in [0.15, 0.2) is 4.99 Å². The number of hydrogen-bond donors (Lipinski definition) is 3. The molecule has 0 fully saturated rings. The molecule has 0 aliphatic carbocycles. The molecule has 0 bridgehead atoms. The van der Waals surface area contributed by atoms with Crippen LogP contribution in [0.3, 0.4) is 0 Å². The third-order valence-electron chi connectivity index (χ3n) is 2.65. The third kappa shape index (κ3) is 8.97.